The van der Waals surface area contributed by atoms with Gasteiger partial charge >= 0.3 is 5.97 Å². The van der Waals surface area contributed by atoms with E-state index < -0.39 is 24.4 Å². The first-order valence-electron chi connectivity index (χ1n) is 7.68. The first-order chi connectivity index (χ1) is 13.0. The van der Waals surface area contributed by atoms with E-state index in [0.717, 1.165) is 14.9 Å². The Bertz CT molecular complexity index is 951. The molecule has 0 aliphatic heterocycles. The maximum Gasteiger partial charge on any atom is 0.348 e. The molecule has 0 aliphatic rings. The van der Waals surface area contributed by atoms with Crippen LogP contribution < -0.4 is 10.6 Å². The molecule has 0 aliphatic carbocycles. The number of hydrogen-bond acceptors (Lipinski definition) is 6. The van der Waals surface area contributed by atoms with Crippen molar-refractivity contribution in [1.29, 1.82) is 0 Å². The average Bonchev–Trinajstić information content (AvgIpc) is 3.33. The van der Waals surface area contributed by atoms with E-state index in [1.165, 1.54) is 18.4 Å². The summed E-state index contributed by atoms with van der Waals surface area (Å²) in [5, 5.41) is 5.72. The zero-order valence-electron chi connectivity index (χ0n) is 13.7. The van der Waals surface area contributed by atoms with Crippen molar-refractivity contribution < 1.29 is 23.5 Å². The van der Waals surface area contributed by atoms with Crippen molar-refractivity contribution in [3.8, 4) is 0 Å². The van der Waals surface area contributed by atoms with E-state index in [2.05, 4.69) is 33.2 Å². The van der Waals surface area contributed by atoms with Crippen molar-refractivity contribution in [3.05, 3.63) is 69.0 Å². The topological polar surface area (TPSA) is 97.6 Å². The lowest BCUT2D eigenvalue weighted by molar-refractivity contribution is -0.119. The SMILES string of the molecule is O=C(COC(=O)c1ccc(NC(=O)c2ccco2)s1)Nc1ccc(I)cc1. The van der Waals surface area contributed by atoms with Gasteiger partial charge in [-0.2, -0.15) is 0 Å². The molecule has 3 rings (SSSR count). The third-order valence-corrected chi connectivity index (χ3v) is 4.95. The van der Waals surface area contributed by atoms with Crippen LogP contribution in [0, 0.1) is 3.57 Å². The van der Waals surface area contributed by atoms with Crippen LogP contribution in [0.2, 0.25) is 0 Å². The minimum atomic E-state index is -0.642. The molecule has 0 unspecified atom stereocenters. The van der Waals surface area contributed by atoms with E-state index in [9.17, 15) is 14.4 Å². The van der Waals surface area contributed by atoms with E-state index >= 15 is 0 Å². The van der Waals surface area contributed by atoms with Gasteiger partial charge in [-0.25, -0.2) is 4.79 Å². The molecule has 2 aromatic heterocycles. The number of furan rings is 1. The molecule has 7 nitrogen and oxygen atoms in total. The highest BCUT2D eigenvalue weighted by atomic mass is 127. The lowest BCUT2D eigenvalue weighted by Gasteiger charge is -2.06. The number of anilines is 2. The van der Waals surface area contributed by atoms with Gasteiger partial charge in [0, 0.05) is 9.26 Å². The first-order valence-corrected chi connectivity index (χ1v) is 9.58. The number of benzene rings is 1. The largest absolute Gasteiger partial charge is 0.459 e. The fourth-order valence-corrected chi connectivity index (χ4v) is 3.18. The summed E-state index contributed by atoms with van der Waals surface area (Å²) in [6, 6.07) is 13.5. The number of rotatable bonds is 6. The van der Waals surface area contributed by atoms with E-state index in [4.69, 9.17) is 9.15 Å². The molecule has 27 heavy (non-hydrogen) atoms. The molecule has 138 valence electrons. The predicted octanol–water partition coefficient (Wildman–Crippen LogP) is 3.99. The monoisotopic (exact) mass is 496 g/mol. The van der Waals surface area contributed by atoms with Crippen LogP contribution in [0.4, 0.5) is 10.7 Å². The van der Waals surface area contributed by atoms with Crippen LogP contribution in [-0.2, 0) is 9.53 Å². The highest BCUT2D eigenvalue weighted by Gasteiger charge is 2.15. The minimum absolute atomic E-state index is 0.166. The number of nitrogens with one attached hydrogen (secondary N) is 2. The Balaban J connectivity index is 1.49. The maximum absolute atomic E-state index is 12.0. The lowest BCUT2D eigenvalue weighted by Crippen LogP contribution is -2.20. The highest BCUT2D eigenvalue weighted by Crippen LogP contribution is 2.23. The molecule has 1 aromatic carbocycles. The lowest BCUT2D eigenvalue weighted by atomic mass is 10.3. The van der Waals surface area contributed by atoms with Crippen LogP contribution >= 0.6 is 33.9 Å². The third kappa shape index (κ3) is 5.41. The predicted molar refractivity (Wildman–Crippen MR) is 109 cm³/mol. The smallest absolute Gasteiger partial charge is 0.348 e. The molecule has 0 radical (unpaired) electrons. The number of amides is 2. The van der Waals surface area contributed by atoms with Crippen LogP contribution in [0.3, 0.4) is 0 Å². The molecule has 2 heterocycles. The van der Waals surface area contributed by atoms with Crippen molar-refractivity contribution in [2.75, 3.05) is 17.2 Å². The second kappa shape index (κ2) is 8.82. The molecule has 0 saturated carbocycles. The molecule has 3 aromatic rings. The van der Waals surface area contributed by atoms with Crippen molar-refractivity contribution >= 4 is 62.4 Å². The van der Waals surface area contributed by atoms with Crippen LogP contribution in [0.1, 0.15) is 20.2 Å². The molecule has 2 amide bonds. The van der Waals surface area contributed by atoms with Crippen LogP contribution in [0.25, 0.3) is 0 Å². The Kier molecular flexibility index (Phi) is 6.24. The van der Waals surface area contributed by atoms with E-state index in [-0.39, 0.29) is 10.6 Å². The van der Waals surface area contributed by atoms with Crippen LogP contribution in [0.5, 0.6) is 0 Å². The van der Waals surface area contributed by atoms with Crippen LogP contribution in [-0.4, -0.2) is 24.4 Å². The normalized spacial score (nSPS) is 10.3. The Labute approximate surface area is 171 Å². The fraction of sp³-hybridized carbons (Fsp3) is 0.0556. The molecule has 0 fully saturated rings. The summed E-state index contributed by atoms with van der Waals surface area (Å²) >= 11 is 3.20. The summed E-state index contributed by atoms with van der Waals surface area (Å²) < 4.78 is 11.0. The quantitative estimate of drug-likeness (QED) is 0.398. The molecular weight excluding hydrogens is 483 g/mol. The highest BCUT2D eigenvalue weighted by molar-refractivity contribution is 14.1. The number of thiophene rings is 1. The van der Waals surface area contributed by atoms with Crippen molar-refractivity contribution in [2.24, 2.45) is 0 Å². The van der Waals surface area contributed by atoms with Gasteiger partial charge in [0.1, 0.15) is 4.88 Å². The molecule has 2 N–H and O–H groups in total. The zero-order valence-corrected chi connectivity index (χ0v) is 16.7. The van der Waals surface area contributed by atoms with Crippen LogP contribution in [0.15, 0.2) is 59.2 Å². The number of hydrogen-bond donors (Lipinski definition) is 2. The number of carbonyl (C=O) groups is 3. The number of carbonyl (C=O) groups excluding carboxylic acids is 3. The van der Waals surface area contributed by atoms with Crippen molar-refractivity contribution in [1.82, 2.24) is 0 Å². The van der Waals surface area contributed by atoms with Gasteiger partial charge in [-0.3, -0.25) is 9.59 Å². The van der Waals surface area contributed by atoms with Gasteiger partial charge < -0.3 is 19.8 Å². The first kappa shape index (κ1) is 19.1. The average molecular weight is 496 g/mol. The summed E-state index contributed by atoms with van der Waals surface area (Å²) in [5.74, 6) is -1.33. The Hall–Kier alpha value is -2.66. The fourth-order valence-electron chi connectivity index (χ4n) is 2.03. The zero-order chi connectivity index (χ0) is 19.2. The van der Waals surface area contributed by atoms with Gasteiger partial charge in [0.25, 0.3) is 11.8 Å². The molecule has 0 saturated heterocycles. The second-order valence-corrected chi connectivity index (χ2v) is 7.56. The maximum atomic E-state index is 12.0. The summed E-state index contributed by atoms with van der Waals surface area (Å²) in [6.45, 7) is -0.406. The Morgan fingerprint density at radius 2 is 1.81 bits per heavy atom. The number of ether oxygens (including phenoxy) is 1. The second-order valence-electron chi connectivity index (χ2n) is 5.23. The molecule has 0 bridgehead atoms. The van der Waals surface area contributed by atoms with Crippen molar-refractivity contribution in [3.63, 3.8) is 0 Å². The Morgan fingerprint density at radius 3 is 2.52 bits per heavy atom. The third-order valence-electron chi connectivity index (χ3n) is 3.25. The van der Waals surface area contributed by atoms with E-state index in [1.807, 2.05) is 12.1 Å². The van der Waals surface area contributed by atoms with Gasteiger partial charge in [-0.15, -0.1) is 11.3 Å². The van der Waals surface area contributed by atoms with Gasteiger partial charge in [0.15, 0.2) is 12.4 Å². The minimum Gasteiger partial charge on any atom is -0.459 e. The number of esters is 1. The summed E-state index contributed by atoms with van der Waals surface area (Å²) in [6.07, 6.45) is 1.40. The summed E-state index contributed by atoms with van der Waals surface area (Å²) in [5.41, 5.74) is 0.621. The standard InChI is InChI=1S/C18H13IN2O5S/c19-11-3-5-12(6-4-11)20-15(22)10-26-18(24)14-7-8-16(27-14)21-17(23)13-2-1-9-25-13/h1-9H,10H2,(H,20,22)(H,21,23). The van der Waals surface area contributed by atoms with E-state index in [1.54, 1.807) is 24.3 Å². The molecule has 0 spiro atoms. The van der Waals surface area contributed by atoms with E-state index in [0.29, 0.717) is 10.7 Å². The summed E-state index contributed by atoms with van der Waals surface area (Å²) in [7, 11) is 0. The summed E-state index contributed by atoms with van der Waals surface area (Å²) in [4.78, 5) is 36.1. The van der Waals surface area contributed by atoms with Gasteiger partial charge in [-0.1, -0.05) is 0 Å². The molecule has 0 atom stereocenters. The number of halogens is 1. The molecule has 9 heteroatoms. The van der Waals surface area contributed by atoms with Gasteiger partial charge in [0.2, 0.25) is 0 Å². The van der Waals surface area contributed by atoms with Gasteiger partial charge in [0.05, 0.1) is 11.3 Å². The van der Waals surface area contributed by atoms with Crippen molar-refractivity contribution in [2.45, 2.75) is 0 Å². The molecular formula is C18H13IN2O5S. The van der Waals surface area contributed by atoms with Gasteiger partial charge in [-0.05, 0) is 71.1 Å². The Morgan fingerprint density at radius 1 is 1.04 bits per heavy atom.